The number of hydroxylamine groups is 3. The number of nitrogens with one attached hydrogen (secondary N) is 1. The Morgan fingerprint density at radius 2 is 1.06 bits per heavy atom. The highest BCUT2D eigenvalue weighted by atomic mass is 19.2. The second kappa shape index (κ2) is 29.7. The predicted molar refractivity (Wildman–Crippen MR) is 355 cm³/mol. The van der Waals surface area contributed by atoms with E-state index >= 15 is 17.6 Å². The van der Waals surface area contributed by atoms with E-state index in [9.17, 15) is 48.4 Å². The third kappa shape index (κ3) is 13.0. The van der Waals surface area contributed by atoms with Crippen LogP contribution in [-0.2, 0) is 50.3 Å². The molecule has 5 saturated carbocycles. The minimum atomic E-state index is -2.26. The third-order valence-corrected chi connectivity index (χ3v) is 22.0. The molecule has 0 amide bonds. The number of nitrogens with zero attached hydrogens (tertiary/aromatic N) is 1. The lowest BCUT2D eigenvalue weighted by atomic mass is 9.44. The molecule has 1 aliphatic heterocycles. The summed E-state index contributed by atoms with van der Waals surface area (Å²) in [4.78, 5) is 56.3. The van der Waals surface area contributed by atoms with Gasteiger partial charge in [0.25, 0.3) is 0 Å². The number of halogens is 6. The van der Waals surface area contributed by atoms with E-state index in [-0.39, 0.29) is 104 Å². The highest BCUT2D eigenvalue weighted by Crippen LogP contribution is 2.73. The quantitative estimate of drug-likeness (QED) is 0.0512. The molecule has 1 heterocycles. The van der Waals surface area contributed by atoms with Crippen molar-refractivity contribution in [1.82, 2.24) is 10.5 Å². The van der Waals surface area contributed by atoms with Crippen LogP contribution in [0.25, 0.3) is 0 Å². The van der Waals surface area contributed by atoms with E-state index in [4.69, 9.17) is 19.5 Å². The van der Waals surface area contributed by atoms with Gasteiger partial charge in [-0.3, -0.25) is 24.0 Å². The van der Waals surface area contributed by atoms with Gasteiger partial charge in [0.2, 0.25) is 0 Å². The molecule has 4 aromatic rings. The Morgan fingerprint density at radius 1 is 0.615 bits per heavy atom. The van der Waals surface area contributed by atoms with E-state index in [2.05, 4.69) is 5.48 Å². The van der Waals surface area contributed by atoms with E-state index in [0.717, 1.165) is 40.2 Å². The summed E-state index contributed by atoms with van der Waals surface area (Å²) in [5, 5.41) is 52.3. The Labute approximate surface area is 560 Å². The summed E-state index contributed by atoms with van der Waals surface area (Å²) in [6, 6.07) is 27.1. The number of benzene rings is 4. The predicted octanol–water partition coefficient (Wildman–Crippen LogP) is 13.5. The first kappa shape index (κ1) is 78.1. The van der Waals surface area contributed by atoms with Crippen LogP contribution in [0.4, 0.5) is 26.3 Å². The Morgan fingerprint density at radius 3 is 1.52 bits per heavy atom. The molecule has 4 aromatic carbocycles. The molecule has 9 aliphatic rings. The van der Waals surface area contributed by atoms with Gasteiger partial charge < -0.3 is 35.1 Å². The number of carbonyl (C=O) groups excluding carboxylic acids is 4. The van der Waals surface area contributed by atoms with Crippen LogP contribution >= 0.6 is 0 Å². The van der Waals surface area contributed by atoms with Crippen LogP contribution in [-0.4, -0.2) is 115 Å². The molecule has 14 nitrogen and oxygen atoms in total. The Kier molecular flexibility index (Phi) is 24.2. The van der Waals surface area contributed by atoms with Gasteiger partial charge in [-0.2, -0.15) is 5.06 Å². The zero-order valence-corrected chi connectivity index (χ0v) is 51.0. The maximum atomic E-state index is 17.6. The Balaban J connectivity index is 0.000000248. The number of rotatable bonds is 14. The molecule has 0 aromatic heterocycles. The molecule has 20 heteroatoms. The SMILES string of the molecule is C.C.C.C.C.C[C@]12C=CC(=O)C=C1[C@@H](F)C[C@H]1[C@@H]3CC=C(C(=O)CO)[C@@]3(C)C[C@H](O)[C@@]12F.C[C@]12C=CC(=O)C=C1[C@@H](F)C[C@H]1[C@@H]3C[C@H]4CN(Cc5ccc(OCc6ccc(F)cc6)cc5)O[C@@]4(C(=O)CO)[C@@]3(C)C[C@H](O)[C@@]12F.ONCc1ccc(OCc2ccc(F)cc2)cc1. The second-order valence-electron chi connectivity index (χ2n) is 26.8. The van der Waals surface area contributed by atoms with Crippen LogP contribution in [0.1, 0.15) is 126 Å². The molecular formula is C76H96F6N2O12. The largest absolute Gasteiger partial charge is 0.489 e. The van der Waals surface area contributed by atoms with Crippen molar-refractivity contribution < 1.29 is 85.5 Å². The summed E-state index contributed by atoms with van der Waals surface area (Å²) in [6.45, 7) is 7.03. The first-order valence-corrected chi connectivity index (χ1v) is 30.9. The van der Waals surface area contributed by atoms with E-state index in [1.807, 2.05) is 55.5 Å². The van der Waals surface area contributed by atoms with Crippen LogP contribution < -0.4 is 15.0 Å². The molecule has 96 heavy (non-hydrogen) atoms. The average Bonchev–Trinajstić information content (AvgIpc) is 1.37. The number of aliphatic hydroxyl groups excluding tert-OH is 4. The average molecular weight is 1340 g/mol. The van der Waals surface area contributed by atoms with Gasteiger partial charge in [0.05, 0.1) is 12.2 Å². The first-order chi connectivity index (χ1) is 43.2. The smallest absolute Gasteiger partial charge is 0.192 e. The molecule has 1 saturated heterocycles. The molecule has 6 fully saturated rings. The number of ketones is 4. The maximum Gasteiger partial charge on any atom is 0.192 e. The van der Waals surface area contributed by atoms with Gasteiger partial charge in [0, 0.05) is 59.0 Å². The van der Waals surface area contributed by atoms with Gasteiger partial charge in [0.1, 0.15) is 61.9 Å². The first-order valence-electron chi connectivity index (χ1n) is 30.9. The fourth-order valence-corrected chi connectivity index (χ4v) is 17.5. The highest BCUT2D eigenvalue weighted by Gasteiger charge is 2.80. The molecule has 13 rings (SSSR count). The number of alkyl halides is 4. The normalized spacial score (nSPS) is 34.5. The van der Waals surface area contributed by atoms with Crippen LogP contribution in [0, 0.1) is 62.9 Å². The minimum absolute atomic E-state index is 0. The van der Waals surface area contributed by atoms with E-state index in [1.165, 1.54) is 48.6 Å². The van der Waals surface area contributed by atoms with Crippen molar-refractivity contribution >= 4 is 23.1 Å². The summed E-state index contributed by atoms with van der Waals surface area (Å²) < 4.78 is 102. The van der Waals surface area contributed by atoms with Gasteiger partial charge in [-0.15, -0.1) is 0 Å². The van der Waals surface area contributed by atoms with E-state index in [1.54, 1.807) is 56.2 Å². The lowest BCUT2D eigenvalue weighted by Crippen LogP contribution is -2.70. The third-order valence-electron chi connectivity index (χ3n) is 22.0. The molecule has 16 atom stereocenters. The van der Waals surface area contributed by atoms with Crippen molar-refractivity contribution in [1.29, 1.82) is 0 Å². The standard InChI is InChI=1S/C36H38F3NO6.C21H24F2O4.C14H14FNO2.5CH4/c1-33-12-11-25(42)14-29(33)30(38)15-28-27-13-23-18-40(46-36(23,32(44)19-41)34(27,2)16-31(43)35(28,33)39)17-21-5-9-26(10-6-21)45-20-22-3-7-24(37)8-4-22;1-19-9-18(27)21(23)14(12(19)3-4-13(19)17(26)10-24)8-16(22)15-7-11(25)5-6-20(15,21)2;15-13-5-1-12(2-6-13)10-18-14-7-3-11(4-8-14)9-16-17;;;;;/h3-12,14,23,27-28,30-31,41,43H,13,15-20H2,1-2H3;4-7,12,14,16,18,24,27H,3,8-10H2,1-2H3;1-8,16-17H,9-10H2;5*1H4/t23-,27-,28-,30-,31-,33-,34-,35-,36-;12-,14-,16-,18-,19-,20-,21-;;;;;;/m00....../s1. The summed E-state index contributed by atoms with van der Waals surface area (Å²) in [6.07, 6.45) is 3.59. The topological polar surface area (TPSA) is 212 Å². The van der Waals surface area contributed by atoms with Gasteiger partial charge >= 0.3 is 0 Å². The number of fused-ring (bicyclic) bond motifs is 12. The molecule has 0 spiro atoms. The second-order valence-corrected chi connectivity index (χ2v) is 26.8. The molecule has 6 N–H and O–H groups in total. The van der Waals surface area contributed by atoms with Gasteiger partial charge in [-0.1, -0.05) is 118 Å². The zero-order chi connectivity index (χ0) is 65.2. The van der Waals surface area contributed by atoms with Crippen molar-refractivity contribution in [3.8, 4) is 11.5 Å². The fourth-order valence-electron chi connectivity index (χ4n) is 17.5. The van der Waals surface area contributed by atoms with Gasteiger partial charge in [-0.05, 0) is 176 Å². The van der Waals surface area contributed by atoms with Gasteiger partial charge in [0.15, 0.2) is 40.1 Å². The van der Waals surface area contributed by atoms with Crippen molar-refractivity contribution in [2.75, 3.05) is 19.8 Å². The summed E-state index contributed by atoms with van der Waals surface area (Å²) >= 11 is 0. The number of carbonyl (C=O) groups is 4. The molecule has 0 radical (unpaired) electrons. The number of Topliss-reactive ketones (excluding diaryl/α,β-unsaturated/α-hetero) is 2. The van der Waals surface area contributed by atoms with Crippen molar-refractivity contribution in [2.45, 2.75) is 171 Å². The van der Waals surface area contributed by atoms with Crippen molar-refractivity contribution in [3.63, 3.8) is 0 Å². The lowest BCUT2D eigenvalue weighted by Gasteiger charge is -2.63. The summed E-state index contributed by atoms with van der Waals surface area (Å²) in [5.41, 5.74) is -4.49. The van der Waals surface area contributed by atoms with Crippen molar-refractivity contribution in [2.24, 2.45) is 51.2 Å². The zero-order valence-electron chi connectivity index (χ0n) is 51.0. The molecule has 0 bridgehead atoms. The fraction of sp³-hybridized carbons (Fsp3) is 0.500. The van der Waals surface area contributed by atoms with Crippen LogP contribution in [0.15, 0.2) is 156 Å². The van der Waals surface area contributed by atoms with Gasteiger partial charge in [-0.25, -0.2) is 31.8 Å². The number of ether oxygens (including phenoxy) is 2. The van der Waals surface area contributed by atoms with Crippen LogP contribution in [0.2, 0.25) is 0 Å². The lowest BCUT2D eigenvalue weighted by molar-refractivity contribution is -0.269. The minimum Gasteiger partial charge on any atom is -0.489 e. The maximum absolute atomic E-state index is 17.6. The summed E-state index contributed by atoms with van der Waals surface area (Å²) in [7, 11) is 0. The van der Waals surface area contributed by atoms with E-state index < -0.39 is 117 Å². The molecule has 0 unspecified atom stereocenters. The van der Waals surface area contributed by atoms with Crippen LogP contribution in [0.3, 0.4) is 0 Å². The van der Waals surface area contributed by atoms with Crippen molar-refractivity contribution in [3.05, 3.63) is 190 Å². The Hall–Kier alpha value is -6.88. The monoisotopic (exact) mass is 1340 g/mol. The summed E-state index contributed by atoms with van der Waals surface area (Å²) in [5.74, 6) is -3.96. The molecule has 8 aliphatic carbocycles. The molecular weight excluding hydrogens is 1250 g/mol. The van der Waals surface area contributed by atoms with E-state index in [0.29, 0.717) is 50.4 Å². The highest BCUT2D eigenvalue weighted by molar-refractivity contribution is 6.02. The van der Waals surface area contributed by atoms with Crippen LogP contribution in [0.5, 0.6) is 11.5 Å². The Bertz CT molecular complexity index is 3600. The number of allylic oxidation sites excluding steroid dienone is 9. The number of hydrogen-bond acceptors (Lipinski definition) is 14. The number of aliphatic hydroxyl groups is 4. The molecule has 524 valence electrons. The number of hydrogen-bond donors (Lipinski definition) is 6.